The molecule has 0 spiro atoms. The number of aromatic hydroxyl groups is 1. The maximum atomic E-state index is 9.97. The van der Waals surface area contributed by atoms with Crippen molar-refractivity contribution in [2.75, 3.05) is 13.1 Å². The van der Waals surface area contributed by atoms with Crippen molar-refractivity contribution in [1.82, 2.24) is 4.90 Å². The van der Waals surface area contributed by atoms with Gasteiger partial charge in [-0.05, 0) is 50.4 Å². The average molecular weight is 203 g/mol. The van der Waals surface area contributed by atoms with E-state index >= 15 is 0 Å². The van der Waals surface area contributed by atoms with E-state index in [0.717, 1.165) is 6.42 Å². The van der Waals surface area contributed by atoms with Crippen LogP contribution >= 0.6 is 0 Å². The van der Waals surface area contributed by atoms with E-state index in [0.29, 0.717) is 11.8 Å². The predicted octanol–water partition coefficient (Wildman–Crippen LogP) is 2.48. The smallest absolute Gasteiger partial charge is 0.120 e. The Morgan fingerprint density at radius 2 is 2.07 bits per heavy atom. The summed E-state index contributed by atoms with van der Waals surface area (Å²) in [6, 6.07) is 6.45. The topological polar surface area (TPSA) is 23.5 Å². The fourth-order valence-electron chi connectivity index (χ4n) is 2.85. The molecule has 1 atom stereocenters. The number of rotatable bonds is 1. The molecule has 0 bridgehead atoms. The summed E-state index contributed by atoms with van der Waals surface area (Å²) in [7, 11) is 0. The minimum Gasteiger partial charge on any atom is -0.508 e. The van der Waals surface area contributed by atoms with Crippen molar-refractivity contribution in [2.24, 2.45) is 0 Å². The van der Waals surface area contributed by atoms with Crippen molar-refractivity contribution in [2.45, 2.75) is 31.7 Å². The molecular weight excluding hydrogens is 186 g/mol. The summed E-state index contributed by atoms with van der Waals surface area (Å²) in [4.78, 5) is 2.50. The summed E-state index contributed by atoms with van der Waals surface area (Å²) in [6.45, 7) is 2.41. The number of hydrogen-bond acceptors (Lipinski definition) is 2. The Kier molecular flexibility index (Phi) is 2.17. The third-order valence-corrected chi connectivity index (χ3v) is 3.76. The molecule has 1 unspecified atom stereocenters. The highest BCUT2D eigenvalue weighted by Crippen LogP contribution is 2.40. The average Bonchev–Trinajstić information content (AvgIpc) is 2.15. The largest absolute Gasteiger partial charge is 0.508 e. The maximum Gasteiger partial charge on any atom is 0.120 e. The Labute approximate surface area is 90.5 Å². The molecule has 1 N–H and O–H groups in total. The van der Waals surface area contributed by atoms with Gasteiger partial charge < -0.3 is 5.11 Å². The minimum absolute atomic E-state index is 0.490. The van der Waals surface area contributed by atoms with Crippen LogP contribution in [-0.2, 0) is 6.42 Å². The highest BCUT2D eigenvalue weighted by Gasteiger charge is 2.30. The fraction of sp³-hybridized carbons (Fsp3) is 0.538. The maximum absolute atomic E-state index is 9.97. The molecular formula is C13H17NO. The summed E-state index contributed by atoms with van der Waals surface area (Å²) in [5.74, 6) is 0.504. The SMILES string of the molecule is Oc1cccc2c1C(N1CCC1)CCC2. The molecule has 1 heterocycles. The number of benzene rings is 1. The zero-order valence-electron chi connectivity index (χ0n) is 8.95. The second-order valence-corrected chi connectivity index (χ2v) is 4.65. The Morgan fingerprint density at radius 3 is 2.80 bits per heavy atom. The van der Waals surface area contributed by atoms with Gasteiger partial charge in [-0.15, -0.1) is 0 Å². The van der Waals surface area contributed by atoms with E-state index in [2.05, 4.69) is 11.0 Å². The Morgan fingerprint density at radius 1 is 1.20 bits per heavy atom. The van der Waals surface area contributed by atoms with Crippen molar-refractivity contribution in [1.29, 1.82) is 0 Å². The van der Waals surface area contributed by atoms with E-state index in [-0.39, 0.29) is 0 Å². The van der Waals surface area contributed by atoms with Gasteiger partial charge in [0.05, 0.1) is 0 Å². The molecule has 0 radical (unpaired) electrons. The highest BCUT2D eigenvalue weighted by atomic mass is 16.3. The molecule has 1 fully saturated rings. The first-order valence-corrected chi connectivity index (χ1v) is 5.91. The second kappa shape index (κ2) is 3.53. The van der Waals surface area contributed by atoms with Crippen molar-refractivity contribution in [3.8, 4) is 5.75 Å². The fourth-order valence-corrected chi connectivity index (χ4v) is 2.85. The number of fused-ring (bicyclic) bond motifs is 1. The molecule has 80 valence electrons. The van der Waals surface area contributed by atoms with Gasteiger partial charge in [-0.25, -0.2) is 0 Å². The Hall–Kier alpha value is -1.02. The van der Waals surface area contributed by atoms with E-state index in [1.165, 1.54) is 43.5 Å². The van der Waals surface area contributed by atoms with E-state index in [1.54, 1.807) is 0 Å². The standard InChI is InChI=1S/C13H17NO/c15-12-7-2-5-10-4-1-6-11(13(10)12)14-8-3-9-14/h2,5,7,11,15H,1,3-4,6,8-9H2. The number of hydrogen-bond donors (Lipinski definition) is 1. The van der Waals surface area contributed by atoms with Crippen LogP contribution in [0.1, 0.15) is 36.4 Å². The first-order valence-electron chi connectivity index (χ1n) is 5.91. The molecule has 2 nitrogen and oxygen atoms in total. The van der Waals surface area contributed by atoms with Gasteiger partial charge in [-0.2, -0.15) is 0 Å². The van der Waals surface area contributed by atoms with E-state index in [9.17, 15) is 5.11 Å². The normalized spacial score (nSPS) is 25.7. The molecule has 2 heteroatoms. The molecule has 1 saturated heterocycles. The summed E-state index contributed by atoms with van der Waals surface area (Å²) in [5, 5.41) is 9.97. The first-order chi connectivity index (χ1) is 7.36. The Bertz CT molecular complexity index is 371. The number of phenolic OH excluding ortho intramolecular Hbond substituents is 1. The molecule has 1 aliphatic carbocycles. The second-order valence-electron chi connectivity index (χ2n) is 4.65. The van der Waals surface area contributed by atoms with Gasteiger partial charge >= 0.3 is 0 Å². The lowest BCUT2D eigenvalue weighted by Crippen LogP contribution is -2.41. The summed E-state index contributed by atoms with van der Waals surface area (Å²) in [6.07, 6.45) is 4.93. The van der Waals surface area contributed by atoms with Crippen molar-refractivity contribution in [3.63, 3.8) is 0 Å². The van der Waals surface area contributed by atoms with E-state index in [4.69, 9.17) is 0 Å². The number of phenols is 1. The van der Waals surface area contributed by atoms with Crippen LogP contribution in [0, 0.1) is 0 Å². The van der Waals surface area contributed by atoms with Crippen molar-refractivity contribution >= 4 is 0 Å². The Balaban J connectivity index is 2.00. The molecule has 3 rings (SSSR count). The third kappa shape index (κ3) is 1.44. The summed E-state index contributed by atoms with van der Waals surface area (Å²) < 4.78 is 0. The molecule has 15 heavy (non-hydrogen) atoms. The minimum atomic E-state index is 0.490. The van der Waals surface area contributed by atoms with Crippen LogP contribution in [0.3, 0.4) is 0 Å². The quantitative estimate of drug-likeness (QED) is 0.758. The zero-order chi connectivity index (χ0) is 10.3. The lowest BCUT2D eigenvalue weighted by molar-refractivity contribution is 0.103. The molecule has 1 aliphatic heterocycles. The van der Waals surface area contributed by atoms with Crippen LogP contribution in [0.5, 0.6) is 5.75 Å². The highest BCUT2D eigenvalue weighted by molar-refractivity contribution is 5.43. The lowest BCUT2D eigenvalue weighted by Gasteiger charge is -2.41. The zero-order valence-corrected chi connectivity index (χ0v) is 8.95. The van der Waals surface area contributed by atoms with E-state index < -0.39 is 0 Å². The van der Waals surface area contributed by atoms with Crippen molar-refractivity contribution in [3.05, 3.63) is 29.3 Å². The van der Waals surface area contributed by atoms with Gasteiger partial charge in [0.15, 0.2) is 0 Å². The first kappa shape index (κ1) is 9.22. The monoisotopic (exact) mass is 203 g/mol. The molecule has 1 aromatic rings. The van der Waals surface area contributed by atoms with Crippen LogP contribution in [0.15, 0.2) is 18.2 Å². The van der Waals surface area contributed by atoms with Crippen LogP contribution in [-0.4, -0.2) is 23.1 Å². The molecule has 1 aromatic carbocycles. The van der Waals surface area contributed by atoms with Gasteiger partial charge in [0.25, 0.3) is 0 Å². The third-order valence-electron chi connectivity index (χ3n) is 3.76. The van der Waals surface area contributed by atoms with Gasteiger partial charge in [0.2, 0.25) is 0 Å². The van der Waals surface area contributed by atoms with Gasteiger partial charge in [0.1, 0.15) is 5.75 Å². The van der Waals surface area contributed by atoms with Crippen molar-refractivity contribution < 1.29 is 5.11 Å². The molecule has 0 amide bonds. The predicted molar refractivity (Wildman–Crippen MR) is 60.0 cm³/mol. The molecule has 2 aliphatic rings. The number of aryl methyl sites for hydroxylation is 1. The van der Waals surface area contributed by atoms with Gasteiger partial charge in [0, 0.05) is 11.6 Å². The van der Waals surface area contributed by atoms with E-state index in [1.807, 2.05) is 12.1 Å². The summed E-state index contributed by atoms with van der Waals surface area (Å²) in [5.41, 5.74) is 2.57. The number of likely N-dealkylation sites (tertiary alicyclic amines) is 1. The van der Waals surface area contributed by atoms with Crippen LogP contribution < -0.4 is 0 Å². The van der Waals surface area contributed by atoms with Crippen LogP contribution in [0.4, 0.5) is 0 Å². The van der Waals surface area contributed by atoms with Crippen LogP contribution in [0.2, 0.25) is 0 Å². The summed E-state index contributed by atoms with van der Waals surface area (Å²) >= 11 is 0. The lowest BCUT2D eigenvalue weighted by atomic mass is 9.85. The van der Waals surface area contributed by atoms with Gasteiger partial charge in [-0.3, -0.25) is 4.90 Å². The molecule has 0 saturated carbocycles. The van der Waals surface area contributed by atoms with Crippen LogP contribution in [0.25, 0.3) is 0 Å². The van der Waals surface area contributed by atoms with Gasteiger partial charge in [-0.1, -0.05) is 12.1 Å². The molecule has 0 aromatic heterocycles. The number of nitrogens with zero attached hydrogens (tertiary/aromatic N) is 1.